The minimum Gasteiger partial charge on any atom is -0.462 e. The van der Waals surface area contributed by atoms with Crippen LogP contribution in [0.2, 0.25) is 0 Å². The van der Waals surface area contributed by atoms with Gasteiger partial charge in [0.15, 0.2) is 12.2 Å². The number of carbonyl (C=O) groups is 4. The molecule has 0 aliphatic carbocycles. The lowest BCUT2D eigenvalue weighted by Gasteiger charge is -2.21. The number of rotatable bonds is 69. The predicted octanol–water partition coefficient (Wildman–Crippen LogP) is 20.5. The molecule has 0 aliphatic heterocycles. The maximum atomic E-state index is 13.0. The first-order chi connectivity index (χ1) is 43.6. The topological polar surface area (TPSA) is 237 Å². The van der Waals surface area contributed by atoms with Crippen molar-refractivity contribution in [1.29, 1.82) is 0 Å². The molecule has 0 heterocycles. The van der Waals surface area contributed by atoms with Crippen LogP contribution in [0.4, 0.5) is 0 Å². The fourth-order valence-corrected chi connectivity index (χ4v) is 12.4. The highest BCUT2D eigenvalue weighted by Crippen LogP contribution is 2.45. The number of esters is 4. The molecule has 4 unspecified atom stereocenters. The molecule has 0 aromatic carbocycles. The summed E-state index contributed by atoms with van der Waals surface area (Å²) >= 11 is 0. The summed E-state index contributed by atoms with van der Waals surface area (Å²) in [6.45, 7) is 14.0. The smallest absolute Gasteiger partial charge is 0.462 e. The standard InChI is InChI=1S/C72H140O17P2/c1-9-65(8)51-43-35-29-31-37-45-53-70(75)83-59-67(88-71(76)54-46-38-27-21-19-17-15-13-11-10-12-14-16-18-20-24-32-40-48-62(2)3)60-86-90(78,79)84-56-66(73)57-85-91(80,81)87-61-68(89-72(77)55-47-39-30-28-34-42-50-64(6)7)58-82-69(74)52-44-36-26-23-22-25-33-41-49-63(4)5/h62-68,73H,9-61H2,1-8H3,(H,78,79)(H,80,81)/t65?,66?,67-,68-/m1/s1. The Bertz CT molecular complexity index is 1800. The molecule has 6 atom stereocenters. The van der Waals surface area contributed by atoms with Gasteiger partial charge in [0.1, 0.15) is 19.3 Å². The molecule has 0 aromatic rings. The number of phosphoric ester groups is 2. The second-order valence-electron chi connectivity index (χ2n) is 27.6. The minimum absolute atomic E-state index is 0.101. The second kappa shape index (κ2) is 61.6. The van der Waals surface area contributed by atoms with Crippen molar-refractivity contribution >= 4 is 39.5 Å². The molecule has 0 amide bonds. The van der Waals surface area contributed by atoms with E-state index in [9.17, 15) is 43.2 Å². The van der Waals surface area contributed by atoms with Gasteiger partial charge in [-0.15, -0.1) is 0 Å². The number of aliphatic hydroxyl groups is 1. The average molecular weight is 1340 g/mol. The highest BCUT2D eigenvalue weighted by atomic mass is 31.2. The van der Waals surface area contributed by atoms with Crippen LogP contribution >= 0.6 is 15.6 Å². The number of hydrogen-bond acceptors (Lipinski definition) is 15. The summed E-state index contributed by atoms with van der Waals surface area (Å²) in [5, 5.41) is 10.6. The molecule has 540 valence electrons. The van der Waals surface area contributed by atoms with Crippen LogP contribution in [0.3, 0.4) is 0 Å². The minimum atomic E-state index is -4.95. The fourth-order valence-electron chi connectivity index (χ4n) is 10.8. The summed E-state index contributed by atoms with van der Waals surface area (Å²) in [6, 6.07) is 0. The van der Waals surface area contributed by atoms with E-state index in [1.54, 1.807) is 0 Å². The van der Waals surface area contributed by atoms with Crippen LogP contribution in [-0.4, -0.2) is 96.7 Å². The molecule has 19 heteroatoms. The molecule has 91 heavy (non-hydrogen) atoms. The van der Waals surface area contributed by atoms with Gasteiger partial charge < -0.3 is 33.8 Å². The molecule has 0 bridgehead atoms. The molecule has 17 nitrogen and oxygen atoms in total. The van der Waals surface area contributed by atoms with E-state index in [1.165, 1.54) is 154 Å². The van der Waals surface area contributed by atoms with Crippen molar-refractivity contribution in [3.05, 3.63) is 0 Å². The second-order valence-corrected chi connectivity index (χ2v) is 30.6. The third-order valence-electron chi connectivity index (χ3n) is 16.9. The molecule has 0 aliphatic rings. The van der Waals surface area contributed by atoms with Crippen LogP contribution in [0.25, 0.3) is 0 Å². The largest absolute Gasteiger partial charge is 0.472 e. The van der Waals surface area contributed by atoms with E-state index < -0.39 is 97.5 Å². The summed E-state index contributed by atoms with van der Waals surface area (Å²) < 4.78 is 68.2. The van der Waals surface area contributed by atoms with Gasteiger partial charge in [-0.25, -0.2) is 9.13 Å². The van der Waals surface area contributed by atoms with Gasteiger partial charge in [-0.3, -0.25) is 37.3 Å². The molecule has 0 radical (unpaired) electrons. The number of hydrogen-bond donors (Lipinski definition) is 3. The summed E-state index contributed by atoms with van der Waals surface area (Å²) in [5.41, 5.74) is 0. The van der Waals surface area contributed by atoms with E-state index in [4.69, 9.17) is 37.0 Å². The van der Waals surface area contributed by atoms with E-state index in [0.29, 0.717) is 31.6 Å². The zero-order chi connectivity index (χ0) is 67.5. The summed E-state index contributed by atoms with van der Waals surface area (Å²) in [4.78, 5) is 72.5. The van der Waals surface area contributed by atoms with E-state index in [0.717, 1.165) is 114 Å². The SMILES string of the molecule is CCC(C)CCCCCCCCC(=O)OC[C@H](COP(=O)(O)OCC(O)COP(=O)(O)OC[C@@H](COC(=O)CCCCCCCCCCC(C)C)OC(=O)CCCCCCCCC(C)C)OC(=O)CCCCCCCCCCCCCCCCCCCCC(C)C. The van der Waals surface area contributed by atoms with E-state index in [1.807, 2.05) is 0 Å². The zero-order valence-electron chi connectivity index (χ0n) is 59.5. The normalized spacial score (nSPS) is 14.5. The van der Waals surface area contributed by atoms with Crippen molar-refractivity contribution in [2.45, 2.75) is 375 Å². The van der Waals surface area contributed by atoms with Gasteiger partial charge in [-0.1, -0.05) is 306 Å². The summed E-state index contributed by atoms with van der Waals surface area (Å²) in [5.74, 6) is 0.813. The number of aliphatic hydroxyl groups excluding tert-OH is 1. The van der Waals surface area contributed by atoms with Gasteiger partial charge in [0.25, 0.3) is 0 Å². The van der Waals surface area contributed by atoms with Crippen molar-refractivity contribution in [3.63, 3.8) is 0 Å². The van der Waals surface area contributed by atoms with Crippen molar-refractivity contribution in [2.24, 2.45) is 23.7 Å². The van der Waals surface area contributed by atoms with Gasteiger partial charge >= 0.3 is 39.5 Å². The van der Waals surface area contributed by atoms with Crippen LogP contribution in [0, 0.1) is 23.7 Å². The maximum Gasteiger partial charge on any atom is 0.472 e. The van der Waals surface area contributed by atoms with Gasteiger partial charge in [0.2, 0.25) is 0 Å². The fraction of sp³-hybridized carbons (Fsp3) is 0.944. The van der Waals surface area contributed by atoms with Crippen molar-refractivity contribution in [2.75, 3.05) is 39.6 Å². The third-order valence-corrected chi connectivity index (χ3v) is 18.8. The van der Waals surface area contributed by atoms with Crippen molar-refractivity contribution in [3.8, 4) is 0 Å². The maximum absolute atomic E-state index is 13.0. The molecular weight excluding hydrogens is 1200 g/mol. The molecule has 0 saturated carbocycles. The van der Waals surface area contributed by atoms with Gasteiger partial charge in [0.05, 0.1) is 26.4 Å². The van der Waals surface area contributed by atoms with Gasteiger partial charge in [-0.2, -0.15) is 0 Å². The Hall–Kier alpha value is -1.94. The highest BCUT2D eigenvalue weighted by Gasteiger charge is 2.30. The molecule has 0 rings (SSSR count). The Morgan fingerprint density at radius 2 is 0.527 bits per heavy atom. The summed E-state index contributed by atoms with van der Waals surface area (Å²) in [7, 11) is -9.90. The molecule has 3 N–H and O–H groups in total. The number of unbranched alkanes of at least 4 members (excludes halogenated alkanes) is 34. The lowest BCUT2D eigenvalue weighted by atomic mass is 10.00. The van der Waals surface area contributed by atoms with E-state index >= 15 is 0 Å². The van der Waals surface area contributed by atoms with E-state index in [2.05, 4.69) is 55.4 Å². The Morgan fingerprint density at radius 3 is 0.780 bits per heavy atom. The molecule has 0 spiro atoms. The summed E-state index contributed by atoms with van der Waals surface area (Å²) in [6.07, 6.45) is 44.9. The predicted molar refractivity (Wildman–Crippen MR) is 367 cm³/mol. The van der Waals surface area contributed by atoms with Gasteiger partial charge in [-0.05, 0) is 49.4 Å². The zero-order valence-corrected chi connectivity index (χ0v) is 61.3. The molecule has 0 aromatic heterocycles. The third kappa shape index (κ3) is 65.1. The number of ether oxygens (including phenoxy) is 4. The van der Waals surface area contributed by atoms with Crippen LogP contribution in [0.1, 0.15) is 357 Å². The van der Waals surface area contributed by atoms with Crippen LogP contribution in [0.5, 0.6) is 0 Å². The quantitative estimate of drug-likeness (QED) is 0.0222. The number of carbonyl (C=O) groups excluding carboxylic acids is 4. The first-order valence-corrected chi connectivity index (χ1v) is 40.2. The van der Waals surface area contributed by atoms with E-state index in [-0.39, 0.29) is 25.7 Å². The Morgan fingerprint density at radius 1 is 0.308 bits per heavy atom. The van der Waals surface area contributed by atoms with Gasteiger partial charge in [0, 0.05) is 25.7 Å². The van der Waals surface area contributed by atoms with Crippen LogP contribution in [0.15, 0.2) is 0 Å². The lowest BCUT2D eigenvalue weighted by Crippen LogP contribution is -2.30. The highest BCUT2D eigenvalue weighted by molar-refractivity contribution is 7.47. The average Bonchev–Trinajstić information content (AvgIpc) is 3.60. The Labute approximate surface area is 556 Å². The molecule has 0 saturated heterocycles. The lowest BCUT2D eigenvalue weighted by molar-refractivity contribution is -0.161. The number of phosphoric acid groups is 2. The van der Waals surface area contributed by atoms with Crippen LogP contribution in [-0.2, 0) is 65.4 Å². The first-order valence-electron chi connectivity index (χ1n) is 37.2. The van der Waals surface area contributed by atoms with Crippen LogP contribution < -0.4 is 0 Å². The van der Waals surface area contributed by atoms with Crippen molar-refractivity contribution in [1.82, 2.24) is 0 Å². The first kappa shape index (κ1) is 89.1. The monoisotopic (exact) mass is 1340 g/mol. The Kier molecular flexibility index (Phi) is 60.3. The molecular formula is C72H140O17P2. The van der Waals surface area contributed by atoms with Crippen molar-refractivity contribution < 1.29 is 80.2 Å². The molecule has 0 fully saturated rings. The Balaban J connectivity index is 5.15.